The van der Waals surface area contributed by atoms with E-state index in [-0.39, 0.29) is 17.1 Å². The van der Waals surface area contributed by atoms with E-state index in [9.17, 15) is 19.6 Å². The minimum atomic E-state index is -1.66. The van der Waals surface area contributed by atoms with Crippen LogP contribution in [0.5, 0.6) is 0 Å². The molecule has 9 nitrogen and oxygen atoms in total. The summed E-state index contributed by atoms with van der Waals surface area (Å²) in [6.45, 7) is 1.80. The van der Waals surface area contributed by atoms with E-state index in [1.807, 2.05) is 35.0 Å². The summed E-state index contributed by atoms with van der Waals surface area (Å²) < 4.78 is 16.3. The highest BCUT2D eigenvalue weighted by Gasteiger charge is 2.46. The maximum absolute atomic E-state index is 14.4. The van der Waals surface area contributed by atoms with Crippen LogP contribution < -0.4 is 0 Å². The molecule has 0 amide bonds. The number of aliphatic hydroxyl groups is 1. The van der Waals surface area contributed by atoms with E-state index in [2.05, 4.69) is 9.98 Å². The number of benzene rings is 3. The Bertz CT molecular complexity index is 1490. The summed E-state index contributed by atoms with van der Waals surface area (Å²) >= 11 is 1.21. The monoisotopic (exact) mass is 516 g/mol. The normalized spacial score (nSPS) is 18.9. The molecule has 0 spiro atoms. The van der Waals surface area contributed by atoms with E-state index < -0.39 is 16.5 Å². The van der Waals surface area contributed by atoms with E-state index in [0.29, 0.717) is 16.4 Å². The van der Waals surface area contributed by atoms with Gasteiger partial charge in [-0.25, -0.2) is 19.4 Å². The van der Waals surface area contributed by atoms with Crippen LogP contribution in [0.1, 0.15) is 18.1 Å². The summed E-state index contributed by atoms with van der Waals surface area (Å²) in [5.74, 6) is -0.369. The molecule has 1 fully saturated rings. The number of amidine groups is 1. The van der Waals surface area contributed by atoms with Crippen LogP contribution in [-0.2, 0) is 5.72 Å². The van der Waals surface area contributed by atoms with Crippen LogP contribution in [0.2, 0.25) is 0 Å². The number of non-ortho nitro benzene ring substituents is 1. The van der Waals surface area contributed by atoms with Gasteiger partial charge in [0, 0.05) is 35.8 Å². The van der Waals surface area contributed by atoms with Crippen molar-refractivity contribution in [2.45, 2.75) is 12.6 Å². The number of aliphatic imine (C=N–C) groups is 1. The van der Waals surface area contributed by atoms with Gasteiger partial charge in [0.1, 0.15) is 11.5 Å². The van der Waals surface area contributed by atoms with Crippen molar-refractivity contribution in [3.8, 4) is 5.69 Å². The molecule has 0 bridgehead atoms. The predicted octanol–water partition coefficient (Wildman–Crippen LogP) is 5.23. The molecule has 0 unspecified atom stereocenters. The van der Waals surface area contributed by atoms with Gasteiger partial charge < -0.3 is 9.67 Å². The molecule has 1 aromatic heterocycles. The first-order valence-electron chi connectivity index (χ1n) is 11.2. The number of hydrazone groups is 1. The molecule has 37 heavy (non-hydrogen) atoms. The first-order chi connectivity index (χ1) is 17.8. The zero-order chi connectivity index (χ0) is 26.0. The van der Waals surface area contributed by atoms with Gasteiger partial charge in [0.2, 0.25) is 0 Å². The van der Waals surface area contributed by atoms with Crippen LogP contribution in [0.3, 0.4) is 0 Å². The fourth-order valence-electron chi connectivity index (χ4n) is 3.85. The molecule has 186 valence electrons. The van der Waals surface area contributed by atoms with Gasteiger partial charge in [-0.15, -0.1) is 0 Å². The SMILES string of the molecule is C/C(=N/N1C(=Nc2ccccc2F)SC[C@]1(O)c1ccc([N+](=O)[O-])cc1)c1ccc(-n2ccnc2)cc1. The number of hydrogen-bond donors (Lipinski definition) is 1. The minimum absolute atomic E-state index is 0.0949. The second-order valence-corrected chi connectivity index (χ2v) is 9.21. The number of halogens is 1. The molecule has 1 N–H and O–H groups in total. The Morgan fingerprint density at radius 3 is 2.51 bits per heavy atom. The lowest BCUT2D eigenvalue weighted by atomic mass is 10.0. The summed E-state index contributed by atoms with van der Waals surface area (Å²) in [6, 6.07) is 19.4. The standard InChI is InChI=1S/C26H21FN6O3S/c1-18(19-6-10-21(11-7-19)31-15-14-28-17-31)30-32-25(29-24-5-3-2-4-23(24)27)37-16-26(32,34)20-8-12-22(13-9-20)33(35)36/h2-15,17,34H,16H2,1H3/b29-25?,30-18-/t26-/m0/s1. The number of imidazole rings is 1. The highest BCUT2D eigenvalue weighted by molar-refractivity contribution is 8.14. The largest absolute Gasteiger partial charge is 0.365 e. The Hall–Kier alpha value is -4.35. The zero-order valence-corrected chi connectivity index (χ0v) is 20.4. The lowest BCUT2D eigenvalue weighted by molar-refractivity contribution is -0.384. The summed E-state index contributed by atoms with van der Waals surface area (Å²) in [6.07, 6.45) is 5.24. The van der Waals surface area contributed by atoms with Gasteiger partial charge in [-0.2, -0.15) is 5.10 Å². The molecule has 0 saturated carbocycles. The Labute approximate surface area is 215 Å². The average Bonchev–Trinajstić information content (AvgIpc) is 3.56. The van der Waals surface area contributed by atoms with Crippen molar-refractivity contribution in [3.05, 3.63) is 119 Å². The van der Waals surface area contributed by atoms with E-state index >= 15 is 0 Å². The van der Waals surface area contributed by atoms with Gasteiger partial charge in [-0.05, 0) is 48.9 Å². The highest BCUT2D eigenvalue weighted by Crippen LogP contribution is 2.41. The molecular weight excluding hydrogens is 495 g/mol. The second kappa shape index (κ2) is 9.96. The van der Waals surface area contributed by atoms with E-state index in [4.69, 9.17) is 5.10 Å². The highest BCUT2D eigenvalue weighted by atomic mass is 32.2. The second-order valence-electron chi connectivity index (χ2n) is 8.27. The van der Waals surface area contributed by atoms with Crippen molar-refractivity contribution in [1.29, 1.82) is 0 Å². The topological polar surface area (TPSA) is 109 Å². The minimum Gasteiger partial charge on any atom is -0.365 e. The number of nitrogens with zero attached hydrogens (tertiary/aromatic N) is 6. The zero-order valence-electron chi connectivity index (χ0n) is 19.6. The lowest BCUT2D eigenvalue weighted by Crippen LogP contribution is -2.42. The Morgan fingerprint density at radius 2 is 1.86 bits per heavy atom. The van der Waals surface area contributed by atoms with E-state index in [0.717, 1.165) is 11.3 Å². The molecule has 1 atom stereocenters. The first kappa shape index (κ1) is 24.3. The smallest absolute Gasteiger partial charge is 0.269 e. The molecule has 11 heteroatoms. The van der Waals surface area contributed by atoms with Crippen molar-refractivity contribution in [1.82, 2.24) is 14.6 Å². The lowest BCUT2D eigenvalue weighted by Gasteiger charge is -2.31. The van der Waals surface area contributed by atoms with Gasteiger partial charge in [0.15, 0.2) is 10.9 Å². The van der Waals surface area contributed by atoms with Crippen molar-refractivity contribution < 1.29 is 14.4 Å². The number of nitro benzene ring substituents is 1. The van der Waals surface area contributed by atoms with Crippen molar-refractivity contribution in [2.24, 2.45) is 10.1 Å². The number of hydrogen-bond acceptors (Lipinski definition) is 7. The number of para-hydroxylation sites is 1. The van der Waals surface area contributed by atoms with Crippen LogP contribution in [0.4, 0.5) is 15.8 Å². The molecule has 2 heterocycles. The van der Waals surface area contributed by atoms with E-state index in [1.54, 1.807) is 31.6 Å². The van der Waals surface area contributed by atoms with Gasteiger partial charge in [0.25, 0.3) is 5.69 Å². The number of aromatic nitrogens is 2. The van der Waals surface area contributed by atoms with Gasteiger partial charge in [-0.1, -0.05) is 36.0 Å². The summed E-state index contributed by atoms with van der Waals surface area (Å²) in [5, 5.41) is 29.2. The van der Waals surface area contributed by atoms with Crippen LogP contribution >= 0.6 is 11.8 Å². The van der Waals surface area contributed by atoms with Crippen LogP contribution in [0, 0.1) is 15.9 Å². The number of nitro groups is 1. The maximum Gasteiger partial charge on any atom is 0.269 e. The molecule has 1 saturated heterocycles. The molecule has 4 aromatic rings. The molecule has 0 radical (unpaired) electrons. The third kappa shape index (κ3) is 4.86. The van der Waals surface area contributed by atoms with Crippen molar-refractivity contribution in [2.75, 3.05) is 5.75 Å². The first-order valence-corrected chi connectivity index (χ1v) is 12.2. The molecule has 1 aliphatic rings. The Balaban J connectivity index is 1.55. The Morgan fingerprint density at radius 1 is 1.14 bits per heavy atom. The molecule has 0 aliphatic carbocycles. The van der Waals surface area contributed by atoms with Crippen LogP contribution in [0.25, 0.3) is 5.69 Å². The van der Waals surface area contributed by atoms with Gasteiger partial charge in [-0.3, -0.25) is 10.1 Å². The Kier molecular flexibility index (Phi) is 6.55. The molecule has 1 aliphatic heterocycles. The molecular formula is C26H21FN6O3S. The summed E-state index contributed by atoms with van der Waals surface area (Å²) in [4.78, 5) is 19.1. The van der Waals surface area contributed by atoms with Crippen LogP contribution in [-0.4, -0.2) is 41.2 Å². The number of rotatable bonds is 6. The van der Waals surface area contributed by atoms with Crippen molar-refractivity contribution >= 4 is 34.0 Å². The third-order valence-corrected chi connectivity index (χ3v) is 6.95. The third-order valence-electron chi connectivity index (χ3n) is 5.88. The predicted molar refractivity (Wildman–Crippen MR) is 141 cm³/mol. The van der Waals surface area contributed by atoms with Crippen LogP contribution in [0.15, 0.2) is 102 Å². The maximum atomic E-state index is 14.4. The molecule has 5 rings (SSSR count). The fraction of sp³-hybridized carbons (Fsp3) is 0.115. The average molecular weight is 517 g/mol. The summed E-state index contributed by atoms with van der Waals surface area (Å²) in [7, 11) is 0. The van der Waals surface area contributed by atoms with Gasteiger partial charge >= 0.3 is 0 Å². The number of thioether (sulfide) groups is 1. The molecule has 3 aromatic carbocycles. The summed E-state index contributed by atoms with van der Waals surface area (Å²) in [5.41, 5.74) is 1.06. The van der Waals surface area contributed by atoms with E-state index in [1.165, 1.54) is 53.2 Å². The van der Waals surface area contributed by atoms with Gasteiger partial charge in [0.05, 0.1) is 22.7 Å². The quantitative estimate of drug-likeness (QED) is 0.214. The fourth-order valence-corrected chi connectivity index (χ4v) is 4.94. The van der Waals surface area contributed by atoms with Crippen molar-refractivity contribution in [3.63, 3.8) is 0 Å².